The minimum atomic E-state index is 0.0193. The largest absolute Gasteiger partial charge is 0.427 e. The molecule has 1 heterocycles. The molecule has 0 aliphatic carbocycles. The van der Waals surface area contributed by atoms with E-state index in [0.29, 0.717) is 11.9 Å². The van der Waals surface area contributed by atoms with Gasteiger partial charge in [0, 0.05) is 12.8 Å². The summed E-state index contributed by atoms with van der Waals surface area (Å²) in [6.07, 6.45) is 2.12. The first kappa shape index (κ1) is 9.80. The third-order valence-corrected chi connectivity index (χ3v) is 1.72. The van der Waals surface area contributed by atoms with Gasteiger partial charge < -0.3 is 10.3 Å². The molecule has 0 bridgehead atoms. The second kappa shape index (κ2) is 4.67. The highest BCUT2D eigenvalue weighted by Gasteiger charge is 1.96. The second-order valence-electron chi connectivity index (χ2n) is 2.89. The van der Waals surface area contributed by atoms with Crippen molar-refractivity contribution in [3.05, 3.63) is 29.9 Å². The first-order valence-electron chi connectivity index (χ1n) is 4.25. The highest BCUT2D eigenvalue weighted by Crippen LogP contribution is 1.92. The monoisotopic (exact) mass is 182 g/mol. The van der Waals surface area contributed by atoms with E-state index in [-0.39, 0.29) is 12.6 Å². The first-order valence-corrected chi connectivity index (χ1v) is 4.25. The van der Waals surface area contributed by atoms with Gasteiger partial charge in [-0.15, -0.1) is 0 Å². The van der Waals surface area contributed by atoms with E-state index in [0.717, 1.165) is 4.73 Å². The van der Waals surface area contributed by atoms with Crippen LogP contribution in [0.15, 0.2) is 29.4 Å². The number of aliphatic hydroxyl groups excluding tert-OH is 1. The van der Waals surface area contributed by atoms with Crippen molar-refractivity contribution >= 4 is 0 Å². The maximum absolute atomic E-state index is 9.29. The van der Waals surface area contributed by atoms with Crippen LogP contribution in [0.4, 0.5) is 0 Å². The van der Waals surface area contributed by atoms with Gasteiger partial charge >= 0.3 is 0 Å². The van der Waals surface area contributed by atoms with Gasteiger partial charge in [0.1, 0.15) is 0 Å². The van der Waals surface area contributed by atoms with Crippen molar-refractivity contribution in [1.29, 1.82) is 0 Å². The summed E-state index contributed by atoms with van der Waals surface area (Å²) in [7, 11) is 0. The van der Waals surface area contributed by atoms with Crippen molar-refractivity contribution in [2.75, 3.05) is 6.61 Å². The molecule has 4 heteroatoms. The number of aliphatic hydroxyl groups is 1. The Morgan fingerprint density at radius 1 is 1.54 bits per heavy atom. The summed E-state index contributed by atoms with van der Waals surface area (Å²) in [5.74, 6) is 0. The fourth-order valence-corrected chi connectivity index (χ4v) is 1.00. The van der Waals surface area contributed by atoms with Crippen molar-refractivity contribution in [1.82, 2.24) is 4.73 Å². The van der Waals surface area contributed by atoms with Crippen molar-refractivity contribution in [3.63, 3.8) is 0 Å². The topological polar surface area (TPSA) is 57.8 Å². The van der Waals surface area contributed by atoms with E-state index in [4.69, 9.17) is 5.11 Å². The SMILES string of the molecule is CC(CCO)N=c1ccccn1O. The zero-order valence-electron chi connectivity index (χ0n) is 7.59. The van der Waals surface area contributed by atoms with Crippen LogP contribution in [0.25, 0.3) is 0 Å². The minimum Gasteiger partial charge on any atom is -0.427 e. The molecule has 1 atom stereocenters. The Morgan fingerprint density at radius 3 is 2.92 bits per heavy atom. The molecule has 2 N–H and O–H groups in total. The maximum Gasteiger partial charge on any atom is 0.163 e. The van der Waals surface area contributed by atoms with Gasteiger partial charge in [-0.1, -0.05) is 6.07 Å². The molecular formula is C9H14N2O2. The zero-order chi connectivity index (χ0) is 9.68. The van der Waals surface area contributed by atoms with E-state index in [9.17, 15) is 5.21 Å². The third kappa shape index (κ3) is 2.91. The molecule has 0 spiro atoms. The number of hydrogen-bond donors (Lipinski definition) is 2. The average Bonchev–Trinajstić information content (AvgIpc) is 2.09. The van der Waals surface area contributed by atoms with Gasteiger partial charge in [-0.2, -0.15) is 4.73 Å². The molecule has 0 aromatic carbocycles. The van der Waals surface area contributed by atoms with Crippen molar-refractivity contribution in [2.45, 2.75) is 19.4 Å². The van der Waals surface area contributed by atoms with Gasteiger partial charge in [0.25, 0.3) is 0 Å². The fraction of sp³-hybridized carbons (Fsp3) is 0.444. The molecule has 72 valence electrons. The molecule has 0 saturated heterocycles. The number of hydrogen-bond acceptors (Lipinski definition) is 3. The zero-order valence-corrected chi connectivity index (χ0v) is 7.59. The molecule has 1 rings (SSSR count). The van der Waals surface area contributed by atoms with Crippen LogP contribution in [0.5, 0.6) is 0 Å². The van der Waals surface area contributed by atoms with Crippen LogP contribution in [0.2, 0.25) is 0 Å². The van der Waals surface area contributed by atoms with Gasteiger partial charge in [-0.3, -0.25) is 4.99 Å². The summed E-state index contributed by atoms with van der Waals surface area (Å²) in [6, 6.07) is 5.26. The average molecular weight is 182 g/mol. The van der Waals surface area contributed by atoms with E-state index in [1.807, 2.05) is 6.92 Å². The van der Waals surface area contributed by atoms with Crippen LogP contribution in [-0.2, 0) is 0 Å². The standard InChI is InChI=1S/C9H14N2O2/c1-8(5-7-12)10-9-4-2-3-6-11(9)13/h2-4,6,8,12-13H,5,7H2,1H3. The second-order valence-corrected chi connectivity index (χ2v) is 2.89. The summed E-state index contributed by atoms with van der Waals surface area (Å²) in [4.78, 5) is 4.20. The highest BCUT2D eigenvalue weighted by molar-refractivity contribution is 4.91. The number of aromatic nitrogens is 1. The normalized spacial score (nSPS) is 14.5. The van der Waals surface area contributed by atoms with Crippen LogP contribution in [0.1, 0.15) is 13.3 Å². The van der Waals surface area contributed by atoms with Gasteiger partial charge in [0.15, 0.2) is 5.49 Å². The Labute approximate surface area is 76.8 Å². The number of nitrogens with zero attached hydrogens (tertiary/aromatic N) is 2. The number of rotatable bonds is 3. The maximum atomic E-state index is 9.29. The van der Waals surface area contributed by atoms with Crippen LogP contribution in [0, 0.1) is 0 Å². The Kier molecular flexibility index (Phi) is 3.52. The van der Waals surface area contributed by atoms with Crippen molar-refractivity contribution in [3.8, 4) is 0 Å². The molecule has 0 aliphatic heterocycles. The molecule has 1 aromatic rings. The molecule has 0 radical (unpaired) electrons. The molecule has 1 aromatic heterocycles. The lowest BCUT2D eigenvalue weighted by molar-refractivity contribution is 0.170. The molecule has 4 nitrogen and oxygen atoms in total. The predicted molar refractivity (Wildman–Crippen MR) is 48.3 cm³/mol. The summed E-state index contributed by atoms with van der Waals surface area (Å²) < 4.78 is 0.966. The van der Waals surface area contributed by atoms with E-state index in [2.05, 4.69) is 4.99 Å². The van der Waals surface area contributed by atoms with Crippen LogP contribution in [0.3, 0.4) is 0 Å². The lowest BCUT2D eigenvalue weighted by Gasteiger charge is -2.03. The Morgan fingerprint density at radius 2 is 2.31 bits per heavy atom. The van der Waals surface area contributed by atoms with E-state index in [1.54, 1.807) is 18.2 Å². The molecule has 0 aliphatic rings. The van der Waals surface area contributed by atoms with Gasteiger partial charge in [-0.25, -0.2) is 0 Å². The van der Waals surface area contributed by atoms with Gasteiger partial charge in [0.2, 0.25) is 0 Å². The Bertz CT molecular complexity index is 319. The number of pyridine rings is 1. The first-order chi connectivity index (χ1) is 6.24. The molecule has 13 heavy (non-hydrogen) atoms. The smallest absolute Gasteiger partial charge is 0.163 e. The van der Waals surface area contributed by atoms with E-state index in [1.165, 1.54) is 6.20 Å². The molecule has 1 unspecified atom stereocenters. The van der Waals surface area contributed by atoms with E-state index >= 15 is 0 Å². The molecular weight excluding hydrogens is 168 g/mol. The summed E-state index contributed by atoms with van der Waals surface area (Å²) >= 11 is 0. The lowest BCUT2D eigenvalue weighted by Crippen LogP contribution is -2.20. The summed E-state index contributed by atoms with van der Waals surface area (Å²) in [6.45, 7) is 2.01. The Hall–Kier alpha value is -1.29. The van der Waals surface area contributed by atoms with E-state index < -0.39 is 0 Å². The fourth-order valence-electron chi connectivity index (χ4n) is 1.00. The van der Waals surface area contributed by atoms with Gasteiger partial charge in [-0.05, 0) is 25.5 Å². The molecule has 0 amide bonds. The van der Waals surface area contributed by atoms with Crippen molar-refractivity contribution < 1.29 is 10.3 Å². The molecule has 0 saturated carbocycles. The van der Waals surface area contributed by atoms with Crippen LogP contribution >= 0.6 is 0 Å². The van der Waals surface area contributed by atoms with Gasteiger partial charge in [0.05, 0.1) is 6.04 Å². The van der Waals surface area contributed by atoms with Crippen LogP contribution in [-0.4, -0.2) is 27.7 Å². The molecule has 0 fully saturated rings. The predicted octanol–water partition coefficient (Wildman–Crippen LogP) is 0.397. The Balaban J connectivity index is 2.87. The highest BCUT2D eigenvalue weighted by atomic mass is 16.5. The third-order valence-electron chi connectivity index (χ3n) is 1.72. The van der Waals surface area contributed by atoms with Crippen LogP contribution < -0.4 is 5.49 Å². The van der Waals surface area contributed by atoms with Crippen molar-refractivity contribution in [2.24, 2.45) is 4.99 Å². The summed E-state index contributed by atoms with van der Waals surface area (Å²) in [5.41, 5.74) is 0.503. The quantitative estimate of drug-likeness (QED) is 0.665. The minimum absolute atomic E-state index is 0.0193. The summed E-state index contributed by atoms with van der Waals surface area (Å²) in [5, 5.41) is 17.9. The lowest BCUT2D eigenvalue weighted by atomic mass is 10.3.